The first-order chi connectivity index (χ1) is 6.22. The fourth-order valence-corrected chi connectivity index (χ4v) is 0.744. The largest absolute Gasteiger partial charge is 0.495 e. The van der Waals surface area contributed by atoms with Gasteiger partial charge >= 0.3 is 0 Å². The Hall–Kier alpha value is -1.58. The van der Waals surface area contributed by atoms with Crippen molar-refractivity contribution in [3.63, 3.8) is 0 Å². The van der Waals surface area contributed by atoms with Gasteiger partial charge in [-0.2, -0.15) is 0 Å². The van der Waals surface area contributed by atoms with E-state index in [9.17, 15) is 0 Å². The summed E-state index contributed by atoms with van der Waals surface area (Å²) in [6.45, 7) is 0. The van der Waals surface area contributed by atoms with Gasteiger partial charge < -0.3 is 9.64 Å². The van der Waals surface area contributed by atoms with Crippen LogP contribution in [0.1, 0.15) is 0 Å². The zero-order chi connectivity index (χ0) is 9.68. The van der Waals surface area contributed by atoms with Crippen molar-refractivity contribution in [1.29, 1.82) is 0 Å². The maximum absolute atomic E-state index is 4.97. The standard InChI is InChI=1S/C9H13N3O/c1-12(2)7-11-9-5-4-8(13-3)6-10-9/h4-7H,1-3H3/b11-7-. The molecule has 0 aliphatic heterocycles. The predicted octanol–water partition coefficient (Wildman–Crippen LogP) is 1.31. The lowest BCUT2D eigenvalue weighted by atomic mass is 10.4. The van der Waals surface area contributed by atoms with E-state index in [1.165, 1.54) is 0 Å². The molecule has 4 heteroatoms. The number of rotatable bonds is 3. The number of nitrogens with zero attached hydrogens (tertiary/aromatic N) is 3. The van der Waals surface area contributed by atoms with Crippen molar-refractivity contribution in [2.24, 2.45) is 4.99 Å². The summed E-state index contributed by atoms with van der Waals surface area (Å²) in [6, 6.07) is 3.63. The van der Waals surface area contributed by atoms with E-state index < -0.39 is 0 Å². The SMILES string of the molecule is COc1ccc(/N=C\N(C)C)nc1. The number of hydrogen-bond donors (Lipinski definition) is 0. The van der Waals surface area contributed by atoms with Gasteiger partial charge in [0.2, 0.25) is 0 Å². The van der Waals surface area contributed by atoms with Crippen molar-refractivity contribution in [3.05, 3.63) is 18.3 Å². The molecule has 0 N–H and O–H groups in total. The maximum Gasteiger partial charge on any atom is 0.153 e. The van der Waals surface area contributed by atoms with E-state index in [2.05, 4.69) is 9.98 Å². The Kier molecular flexibility index (Phi) is 3.25. The molecule has 0 amide bonds. The predicted molar refractivity (Wildman–Crippen MR) is 52.6 cm³/mol. The van der Waals surface area contributed by atoms with E-state index in [0.29, 0.717) is 5.82 Å². The second-order valence-corrected chi connectivity index (χ2v) is 2.76. The molecule has 1 aromatic heterocycles. The summed E-state index contributed by atoms with van der Waals surface area (Å²) in [7, 11) is 5.43. The number of aliphatic imine (C=N–C) groups is 1. The van der Waals surface area contributed by atoms with Crippen LogP contribution in [0.25, 0.3) is 0 Å². The van der Waals surface area contributed by atoms with Crippen molar-refractivity contribution in [1.82, 2.24) is 9.88 Å². The molecule has 0 saturated heterocycles. The lowest BCUT2D eigenvalue weighted by Crippen LogP contribution is -2.07. The Morgan fingerprint density at radius 3 is 2.69 bits per heavy atom. The minimum Gasteiger partial charge on any atom is -0.495 e. The van der Waals surface area contributed by atoms with Crippen molar-refractivity contribution in [2.45, 2.75) is 0 Å². The highest BCUT2D eigenvalue weighted by Crippen LogP contribution is 2.12. The molecule has 1 rings (SSSR count). The molecule has 0 bridgehead atoms. The van der Waals surface area contributed by atoms with Crippen LogP contribution in [0.5, 0.6) is 5.75 Å². The zero-order valence-corrected chi connectivity index (χ0v) is 8.06. The van der Waals surface area contributed by atoms with Gasteiger partial charge in [0.15, 0.2) is 5.82 Å². The molecule has 0 radical (unpaired) electrons. The lowest BCUT2D eigenvalue weighted by Gasteiger charge is -2.02. The molecule has 70 valence electrons. The number of hydrogen-bond acceptors (Lipinski definition) is 3. The Morgan fingerprint density at radius 2 is 2.23 bits per heavy atom. The Labute approximate surface area is 77.9 Å². The quantitative estimate of drug-likeness (QED) is 0.518. The molecule has 0 atom stereocenters. The highest BCUT2D eigenvalue weighted by molar-refractivity contribution is 5.58. The van der Waals surface area contributed by atoms with Gasteiger partial charge in [0.1, 0.15) is 5.75 Å². The molecule has 0 aliphatic rings. The minimum atomic E-state index is 0.675. The van der Waals surface area contributed by atoms with Crippen LogP contribution in [0, 0.1) is 0 Å². The van der Waals surface area contributed by atoms with E-state index in [4.69, 9.17) is 4.74 Å². The van der Waals surface area contributed by atoms with Crippen LogP contribution in [0.2, 0.25) is 0 Å². The average Bonchev–Trinajstić information content (AvgIpc) is 2.15. The van der Waals surface area contributed by atoms with Gasteiger partial charge in [-0.05, 0) is 12.1 Å². The van der Waals surface area contributed by atoms with Crippen LogP contribution in [-0.4, -0.2) is 37.4 Å². The molecule has 4 nitrogen and oxygen atoms in total. The van der Waals surface area contributed by atoms with Gasteiger partial charge in [0, 0.05) is 14.1 Å². The van der Waals surface area contributed by atoms with Gasteiger partial charge in [-0.15, -0.1) is 0 Å². The molecule has 0 fully saturated rings. The normalized spacial score (nSPS) is 10.4. The third kappa shape index (κ3) is 3.11. The molecule has 0 aliphatic carbocycles. The molecule has 13 heavy (non-hydrogen) atoms. The van der Waals surface area contributed by atoms with Crippen LogP contribution in [0.4, 0.5) is 5.82 Å². The molecule has 0 spiro atoms. The topological polar surface area (TPSA) is 37.7 Å². The minimum absolute atomic E-state index is 0.675. The third-order valence-electron chi connectivity index (χ3n) is 1.38. The van der Waals surface area contributed by atoms with E-state index in [0.717, 1.165) is 5.75 Å². The van der Waals surface area contributed by atoms with Crippen molar-refractivity contribution >= 4 is 12.2 Å². The lowest BCUT2D eigenvalue weighted by molar-refractivity contribution is 0.413. The number of aromatic nitrogens is 1. The molecule has 0 saturated carbocycles. The van der Waals surface area contributed by atoms with Crippen LogP contribution in [0.15, 0.2) is 23.3 Å². The summed E-state index contributed by atoms with van der Waals surface area (Å²) in [5.41, 5.74) is 0. The van der Waals surface area contributed by atoms with Crippen LogP contribution < -0.4 is 4.74 Å². The van der Waals surface area contributed by atoms with E-state index in [1.54, 1.807) is 25.7 Å². The summed E-state index contributed by atoms with van der Waals surface area (Å²) >= 11 is 0. The smallest absolute Gasteiger partial charge is 0.153 e. The number of methoxy groups -OCH3 is 1. The molecule has 1 aromatic rings. The van der Waals surface area contributed by atoms with Gasteiger partial charge in [-0.3, -0.25) is 0 Å². The van der Waals surface area contributed by atoms with Crippen LogP contribution in [0.3, 0.4) is 0 Å². The molecular weight excluding hydrogens is 166 g/mol. The Morgan fingerprint density at radius 1 is 1.46 bits per heavy atom. The van der Waals surface area contributed by atoms with E-state index in [-0.39, 0.29) is 0 Å². The Balaban J connectivity index is 2.69. The third-order valence-corrected chi connectivity index (χ3v) is 1.38. The highest BCUT2D eigenvalue weighted by atomic mass is 16.5. The summed E-state index contributed by atoms with van der Waals surface area (Å²) in [5, 5.41) is 0. The van der Waals surface area contributed by atoms with Gasteiger partial charge in [0.25, 0.3) is 0 Å². The zero-order valence-electron chi connectivity index (χ0n) is 8.06. The van der Waals surface area contributed by atoms with Gasteiger partial charge in [-0.1, -0.05) is 0 Å². The van der Waals surface area contributed by atoms with Crippen molar-refractivity contribution < 1.29 is 4.74 Å². The maximum atomic E-state index is 4.97. The second kappa shape index (κ2) is 4.45. The summed E-state index contributed by atoms with van der Waals surface area (Å²) in [5.74, 6) is 1.42. The molecular formula is C9H13N3O. The monoisotopic (exact) mass is 179 g/mol. The van der Waals surface area contributed by atoms with Crippen molar-refractivity contribution in [2.75, 3.05) is 21.2 Å². The number of pyridine rings is 1. The van der Waals surface area contributed by atoms with Crippen molar-refractivity contribution in [3.8, 4) is 5.75 Å². The van der Waals surface area contributed by atoms with Gasteiger partial charge in [0.05, 0.1) is 19.6 Å². The first kappa shape index (κ1) is 9.51. The van der Waals surface area contributed by atoms with Crippen LogP contribution in [-0.2, 0) is 0 Å². The van der Waals surface area contributed by atoms with E-state index in [1.807, 2.05) is 25.1 Å². The molecule has 0 aromatic carbocycles. The summed E-state index contributed by atoms with van der Waals surface area (Å²) < 4.78 is 4.97. The number of ether oxygens (including phenoxy) is 1. The first-order valence-electron chi connectivity index (χ1n) is 3.93. The summed E-state index contributed by atoms with van der Waals surface area (Å²) in [6.07, 6.45) is 3.34. The second-order valence-electron chi connectivity index (χ2n) is 2.76. The molecule has 0 unspecified atom stereocenters. The highest BCUT2D eigenvalue weighted by Gasteiger charge is 1.91. The summed E-state index contributed by atoms with van der Waals surface area (Å²) in [4.78, 5) is 10.0. The van der Waals surface area contributed by atoms with Gasteiger partial charge in [-0.25, -0.2) is 9.98 Å². The first-order valence-corrected chi connectivity index (χ1v) is 3.93. The fourth-order valence-electron chi connectivity index (χ4n) is 0.744. The molecule has 1 heterocycles. The van der Waals surface area contributed by atoms with E-state index >= 15 is 0 Å². The average molecular weight is 179 g/mol. The fraction of sp³-hybridized carbons (Fsp3) is 0.333. The van der Waals surface area contributed by atoms with Crippen LogP contribution >= 0.6 is 0 Å². The Bertz CT molecular complexity index is 279.